The summed E-state index contributed by atoms with van der Waals surface area (Å²) < 4.78 is 12.9. The smallest absolute Gasteiger partial charge is 0.254 e. The topological polar surface area (TPSA) is 49.4 Å². The molecule has 0 aliphatic rings. The van der Waals surface area contributed by atoms with E-state index in [4.69, 9.17) is 23.2 Å². The largest absolute Gasteiger partial charge is 0.332 e. The lowest BCUT2D eigenvalue weighted by Gasteiger charge is -2.17. The second-order valence-corrected chi connectivity index (χ2v) is 5.66. The van der Waals surface area contributed by atoms with Gasteiger partial charge in [-0.1, -0.05) is 23.2 Å². The molecule has 0 atom stereocenters. The molecule has 0 saturated heterocycles. The number of benzene rings is 2. The normalized spacial score (nSPS) is 10.3. The van der Waals surface area contributed by atoms with Crippen LogP contribution >= 0.6 is 23.2 Å². The van der Waals surface area contributed by atoms with Crippen LogP contribution in [0.25, 0.3) is 0 Å². The van der Waals surface area contributed by atoms with E-state index in [0.29, 0.717) is 21.3 Å². The third kappa shape index (κ3) is 4.68. The molecule has 120 valence electrons. The first kappa shape index (κ1) is 17.2. The number of hydrogen-bond acceptors (Lipinski definition) is 2. The Morgan fingerprint density at radius 1 is 1.09 bits per heavy atom. The summed E-state index contributed by atoms with van der Waals surface area (Å²) >= 11 is 11.7. The molecule has 2 amide bonds. The Morgan fingerprint density at radius 2 is 1.74 bits per heavy atom. The fraction of sp³-hybridized carbons (Fsp3) is 0.125. The van der Waals surface area contributed by atoms with Gasteiger partial charge in [0.15, 0.2) is 0 Å². The lowest BCUT2D eigenvalue weighted by atomic mass is 10.2. The highest BCUT2D eigenvalue weighted by atomic mass is 35.5. The van der Waals surface area contributed by atoms with Crippen molar-refractivity contribution >= 4 is 40.7 Å². The maximum Gasteiger partial charge on any atom is 0.254 e. The second-order valence-electron chi connectivity index (χ2n) is 4.85. The molecule has 2 aromatic carbocycles. The minimum atomic E-state index is -0.429. The molecule has 7 heteroatoms. The van der Waals surface area contributed by atoms with Crippen molar-refractivity contribution in [2.75, 3.05) is 18.9 Å². The Bertz CT molecular complexity index is 735. The van der Waals surface area contributed by atoms with Gasteiger partial charge in [0.2, 0.25) is 5.91 Å². The fourth-order valence-corrected chi connectivity index (χ4v) is 2.17. The van der Waals surface area contributed by atoms with Crippen LogP contribution in [0.5, 0.6) is 0 Å². The summed E-state index contributed by atoms with van der Waals surface area (Å²) in [6.07, 6.45) is 0. The summed E-state index contributed by atoms with van der Waals surface area (Å²) in [6.45, 7) is -0.156. The quantitative estimate of drug-likeness (QED) is 0.906. The number of carbonyl (C=O) groups is 2. The van der Waals surface area contributed by atoms with Crippen molar-refractivity contribution in [1.29, 1.82) is 0 Å². The molecule has 0 unspecified atom stereocenters. The van der Waals surface area contributed by atoms with Gasteiger partial charge in [0, 0.05) is 18.3 Å². The molecule has 0 bridgehead atoms. The predicted octanol–water partition coefficient (Wildman–Crippen LogP) is 3.84. The molecular formula is C16H13Cl2FN2O2. The molecule has 2 rings (SSSR count). The third-order valence-electron chi connectivity index (χ3n) is 3.02. The van der Waals surface area contributed by atoms with Gasteiger partial charge in [-0.05, 0) is 42.5 Å². The zero-order chi connectivity index (χ0) is 17.0. The van der Waals surface area contributed by atoms with Crippen LogP contribution in [0.1, 0.15) is 10.4 Å². The summed E-state index contributed by atoms with van der Waals surface area (Å²) in [7, 11) is 1.49. The molecule has 0 fully saturated rings. The number of nitrogens with zero attached hydrogens (tertiary/aromatic N) is 1. The molecule has 0 aliphatic heterocycles. The molecule has 0 aromatic heterocycles. The Balaban J connectivity index is 1.97. The molecule has 2 aromatic rings. The van der Waals surface area contributed by atoms with E-state index in [-0.39, 0.29) is 18.4 Å². The van der Waals surface area contributed by atoms with Crippen LogP contribution in [0, 0.1) is 5.82 Å². The number of amides is 2. The summed E-state index contributed by atoms with van der Waals surface area (Å²) in [5, 5.41) is 3.32. The zero-order valence-electron chi connectivity index (χ0n) is 12.1. The van der Waals surface area contributed by atoms with Crippen LogP contribution in [-0.4, -0.2) is 30.3 Å². The Labute approximate surface area is 142 Å². The van der Waals surface area contributed by atoms with Gasteiger partial charge in [-0.3, -0.25) is 9.59 Å². The maximum atomic E-state index is 12.9. The van der Waals surface area contributed by atoms with Crippen molar-refractivity contribution in [2.24, 2.45) is 0 Å². The van der Waals surface area contributed by atoms with Gasteiger partial charge in [0.25, 0.3) is 5.91 Å². The van der Waals surface area contributed by atoms with Gasteiger partial charge in [-0.2, -0.15) is 0 Å². The van der Waals surface area contributed by atoms with Crippen LogP contribution < -0.4 is 5.32 Å². The van der Waals surface area contributed by atoms with Crippen LogP contribution in [0.3, 0.4) is 0 Å². The Hall–Kier alpha value is -2.11. The first-order chi connectivity index (χ1) is 10.9. The fourth-order valence-electron chi connectivity index (χ4n) is 1.87. The number of hydrogen-bond donors (Lipinski definition) is 1. The van der Waals surface area contributed by atoms with Crippen molar-refractivity contribution in [3.8, 4) is 0 Å². The summed E-state index contributed by atoms with van der Waals surface area (Å²) in [5.41, 5.74) is 0.781. The van der Waals surface area contributed by atoms with Gasteiger partial charge in [-0.25, -0.2) is 4.39 Å². The van der Waals surface area contributed by atoms with Gasteiger partial charge in [0.1, 0.15) is 5.82 Å². The van der Waals surface area contributed by atoms with Crippen LogP contribution in [-0.2, 0) is 4.79 Å². The van der Waals surface area contributed by atoms with Crippen LogP contribution in [0.2, 0.25) is 10.0 Å². The molecule has 0 aliphatic carbocycles. The number of rotatable bonds is 4. The van der Waals surface area contributed by atoms with E-state index >= 15 is 0 Å². The van der Waals surface area contributed by atoms with E-state index in [1.165, 1.54) is 42.3 Å². The zero-order valence-corrected chi connectivity index (χ0v) is 13.7. The maximum absolute atomic E-state index is 12.9. The number of anilines is 1. The molecule has 0 saturated carbocycles. The molecule has 0 spiro atoms. The molecule has 0 radical (unpaired) electrons. The van der Waals surface area contributed by atoms with Crippen molar-refractivity contribution < 1.29 is 14.0 Å². The van der Waals surface area contributed by atoms with Gasteiger partial charge in [-0.15, -0.1) is 0 Å². The van der Waals surface area contributed by atoms with Gasteiger partial charge in [0.05, 0.1) is 16.6 Å². The van der Waals surface area contributed by atoms with E-state index in [1.54, 1.807) is 12.1 Å². The standard InChI is InChI=1S/C16H13Cl2FN2O2/c1-21(16(23)10-2-4-11(19)5-3-10)9-15(22)20-12-6-7-13(17)14(18)8-12/h2-8H,9H2,1H3,(H,20,22). The monoisotopic (exact) mass is 354 g/mol. The summed E-state index contributed by atoms with van der Waals surface area (Å²) in [4.78, 5) is 25.3. The lowest BCUT2D eigenvalue weighted by Crippen LogP contribution is -2.34. The molecule has 23 heavy (non-hydrogen) atoms. The Kier molecular flexibility index (Phi) is 5.58. The summed E-state index contributed by atoms with van der Waals surface area (Å²) in [5.74, 6) is -1.20. The lowest BCUT2D eigenvalue weighted by molar-refractivity contribution is -0.116. The highest BCUT2D eigenvalue weighted by Crippen LogP contribution is 2.24. The highest BCUT2D eigenvalue weighted by Gasteiger charge is 2.15. The average Bonchev–Trinajstić information content (AvgIpc) is 2.51. The minimum Gasteiger partial charge on any atom is -0.332 e. The highest BCUT2D eigenvalue weighted by molar-refractivity contribution is 6.42. The van der Waals surface area contributed by atoms with E-state index in [0.717, 1.165) is 0 Å². The predicted molar refractivity (Wildman–Crippen MR) is 88.5 cm³/mol. The SMILES string of the molecule is CN(CC(=O)Nc1ccc(Cl)c(Cl)c1)C(=O)c1ccc(F)cc1. The minimum absolute atomic E-state index is 0.156. The number of likely N-dealkylation sites (N-methyl/N-ethyl adjacent to an activating group) is 1. The first-order valence-corrected chi connectivity index (χ1v) is 7.38. The van der Waals surface area contributed by atoms with Gasteiger partial charge < -0.3 is 10.2 Å². The molecule has 0 heterocycles. The number of carbonyl (C=O) groups excluding carboxylic acids is 2. The van der Waals surface area contributed by atoms with Crippen molar-refractivity contribution in [3.05, 3.63) is 63.9 Å². The third-order valence-corrected chi connectivity index (χ3v) is 3.76. The number of halogens is 3. The molecular weight excluding hydrogens is 342 g/mol. The molecule has 1 N–H and O–H groups in total. The van der Waals surface area contributed by atoms with Gasteiger partial charge >= 0.3 is 0 Å². The Morgan fingerprint density at radius 3 is 2.35 bits per heavy atom. The molecule has 4 nitrogen and oxygen atoms in total. The average molecular weight is 355 g/mol. The van der Waals surface area contributed by atoms with Crippen LogP contribution in [0.15, 0.2) is 42.5 Å². The second kappa shape index (κ2) is 7.44. The number of nitrogens with one attached hydrogen (secondary N) is 1. The van der Waals surface area contributed by atoms with Crippen LogP contribution in [0.4, 0.5) is 10.1 Å². The van der Waals surface area contributed by atoms with Crippen molar-refractivity contribution in [1.82, 2.24) is 4.90 Å². The van der Waals surface area contributed by atoms with E-state index < -0.39 is 5.82 Å². The van der Waals surface area contributed by atoms with E-state index in [2.05, 4.69) is 5.32 Å². The van der Waals surface area contributed by atoms with Crippen molar-refractivity contribution in [2.45, 2.75) is 0 Å². The van der Waals surface area contributed by atoms with Crippen molar-refractivity contribution in [3.63, 3.8) is 0 Å². The first-order valence-electron chi connectivity index (χ1n) is 6.63. The summed E-state index contributed by atoms with van der Waals surface area (Å²) in [6, 6.07) is 9.80. The van der Waals surface area contributed by atoms with E-state index in [9.17, 15) is 14.0 Å². The van der Waals surface area contributed by atoms with E-state index in [1.807, 2.05) is 0 Å².